The quantitative estimate of drug-likeness (QED) is 0.600. The van der Waals surface area contributed by atoms with Crippen molar-refractivity contribution in [2.45, 2.75) is 46.1 Å². The summed E-state index contributed by atoms with van der Waals surface area (Å²) in [6, 6.07) is 0. The molecule has 0 aliphatic carbocycles. The number of nitrogens with one attached hydrogen (secondary N) is 1. The minimum Gasteiger partial charge on any atom is -0.429 e. The number of oxazole rings is 1. The first-order valence-electron chi connectivity index (χ1n) is 9.32. The number of aryl methyl sites for hydroxylation is 1. The molecule has 7 nitrogen and oxygen atoms in total. The van der Waals surface area contributed by atoms with E-state index in [0.29, 0.717) is 36.9 Å². The summed E-state index contributed by atoms with van der Waals surface area (Å²) >= 11 is 0. The highest BCUT2D eigenvalue weighted by molar-refractivity contribution is 5.99. The van der Waals surface area contributed by atoms with Crippen LogP contribution < -0.4 is 0 Å². The average Bonchev–Trinajstić information content (AvgIpc) is 3.33. The number of fused-ring (bicyclic) bond motifs is 1. The van der Waals surface area contributed by atoms with Crippen LogP contribution in [0.1, 0.15) is 60.2 Å². The third-order valence-corrected chi connectivity index (χ3v) is 4.47. The number of amides is 1. The van der Waals surface area contributed by atoms with Gasteiger partial charge in [0.2, 0.25) is 11.7 Å². The summed E-state index contributed by atoms with van der Waals surface area (Å²) in [5.41, 5.74) is 3.41. The Kier molecular flexibility index (Phi) is 6.01. The molecule has 1 aliphatic rings. The van der Waals surface area contributed by atoms with Crippen LogP contribution in [0.2, 0.25) is 0 Å². The number of hydrogen-bond donors (Lipinski definition) is 1. The first-order valence-corrected chi connectivity index (χ1v) is 9.32. The topological polar surface area (TPSA) is 87.4 Å². The number of aromatic amines is 1. The minimum absolute atomic E-state index is 0.136. The van der Waals surface area contributed by atoms with Gasteiger partial charge in [0.1, 0.15) is 5.71 Å². The van der Waals surface area contributed by atoms with Crippen molar-refractivity contribution in [1.82, 2.24) is 19.9 Å². The molecule has 0 atom stereocenters. The van der Waals surface area contributed by atoms with Crippen LogP contribution in [-0.4, -0.2) is 38.0 Å². The normalized spacial score (nSPS) is 14.6. The van der Waals surface area contributed by atoms with E-state index in [0.717, 1.165) is 36.4 Å². The van der Waals surface area contributed by atoms with Crippen LogP contribution in [-0.2, 0) is 19.4 Å². The van der Waals surface area contributed by atoms with Gasteiger partial charge in [-0.05, 0) is 18.9 Å². The Labute approximate surface area is 158 Å². The van der Waals surface area contributed by atoms with Crippen molar-refractivity contribution in [3.8, 4) is 0 Å². The lowest BCUT2D eigenvalue weighted by atomic mass is 10.1. The van der Waals surface area contributed by atoms with Crippen LogP contribution in [0, 0.1) is 0 Å². The number of rotatable bonds is 7. The Balaban J connectivity index is 1.87. The molecule has 0 aromatic carbocycles. The van der Waals surface area contributed by atoms with Gasteiger partial charge in [-0.15, -0.1) is 0 Å². The highest BCUT2D eigenvalue weighted by atomic mass is 16.4. The van der Waals surface area contributed by atoms with E-state index in [1.807, 2.05) is 6.92 Å². The smallest absolute Gasteiger partial charge is 0.291 e. The molecular weight excluding hydrogens is 342 g/mol. The third-order valence-electron chi connectivity index (χ3n) is 4.47. The number of aromatic nitrogens is 3. The van der Waals surface area contributed by atoms with Gasteiger partial charge in [-0.25, -0.2) is 9.97 Å². The van der Waals surface area contributed by atoms with Crippen LogP contribution in [0.15, 0.2) is 40.7 Å². The van der Waals surface area contributed by atoms with Crippen molar-refractivity contribution in [3.05, 3.63) is 60.0 Å². The number of allylic oxidation sites excluding steroid dienone is 2. The monoisotopic (exact) mass is 367 g/mol. The van der Waals surface area contributed by atoms with Gasteiger partial charge in [0.25, 0.3) is 5.91 Å². The predicted octanol–water partition coefficient (Wildman–Crippen LogP) is 3.45. The number of aliphatic imine (C=N–C) groups is 1. The second kappa shape index (κ2) is 8.62. The maximum atomic E-state index is 13.1. The molecule has 3 heterocycles. The van der Waals surface area contributed by atoms with Crippen LogP contribution >= 0.6 is 0 Å². The number of carbonyl (C=O) groups is 1. The molecule has 0 saturated carbocycles. The van der Waals surface area contributed by atoms with Crippen LogP contribution in [0.5, 0.6) is 0 Å². The summed E-state index contributed by atoms with van der Waals surface area (Å²) in [6.07, 6.45) is 9.74. The van der Waals surface area contributed by atoms with E-state index in [-0.39, 0.29) is 5.91 Å². The molecule has 27 heavy (non-hydrogen) atoms. The molecule has 0 radical (unpaired) electrons. The molecule has 2 aromatic heterocycles. The lowest BCUT2D eigenvalue weighted by Crippen LogP contribution is -2.36. The minimum atomic E-state index is -0.136. The van der Waals surface area contributed by atoms with Gasteiger partial charge in [0.05, 0.1) is 30.0 Å². The molecule has 2 aromatic rings. The summed E-state index contributed by atoms with van der Waals surface area (Å²) in [5.74, 6) is 0.598. The Morgan fingerprint density at radius 2 is 2.33 bits per heavy atom. The number of hydrogen-bond acceptors (Lipinski definition) is 5. The molecule has 7 heteroatoms. The van der Waals surface area contributed by atoms with Crippen molar-refractivity contribution in [2.24, 2.45) is 4.99 Å². The molecule has 1 amide bonds. The van der Waals surface area contributed by atoms with Crippen molar-refractivity contribution >= 4 is 11.6 Å². The van der Waals surface area contributed by atoms with Gasteiger partial charge < -0.3 is 14.3 Å². The van der Waals surface area contributed by atoms with Gasteiger partial charge in [-0.1, -0.05) is 32.9 Å². The van der Waals surface area contributed by atoms with E-state index in [1.165, 1.54) is 0 Å². The zero-order chi connectivity index (χ0) is 19.2. The molecule has 1 aliphatic heterocycles. The van der Waals surface area contributed by atoms with Crippen molar-refractivity contribution < 1.29 is 9.21 Å². The van der Waals surface area contributed by atoms with Gasteiger partial charge in [0.15, 0.2) is 0 Å². The number of H-pyrrole nitrogens is 1. The van der Waals surface area contributed by atoms with Gasteiger partial charge in [-0.3, -0.25) is 9.79 Å². The molecular formula is C20H25N5O2. The largest absolute Gasteiger partial charge is 0.429 e. The van der Waals surface area contributed by atoms with E-state index in [4.69, 9.17) is 4.42 Å². The molecule has 1 N–H and O–H groups in total. The number of imidazole rings is 1. The fraction of sp³-hybridized carbons (Fsp3) is 0.400. The Morgan fingerprint density at radius 3 is 3.07 bits per heavy atom. The average molecular weight is 367 g/mol. The first-order chi connectivity index (χ1) is 13.2. The summed E-state index contributed by atoms with van der Waals surface area (Å²) in [5, 5.41) is 0. The standard InChI is InChI=1S/C20H25N5O2/c1-4-7-10-21-16(8-5-2)19-24-14(6-3)18(27-19)20(26)25-11-9-15-17(12-25)23-13-22-15/h4,7,10,13H,1,5-6,8-9,11-12H2,2-3H3,(H,22,23)/b10-7-,21-16?. The van der Waals surface area contributed by atoms with Gasteiger partial charge >= 0.3 is 0 Å². The first kappa shape index (κ1) is 18.8. The molecule has 0 bridgehead atoms. The zero-order valence-corrected chi connectivity index (χ0v) is 15.9. The molecule has 142 valence electrons. The number of nitrogens with zero attached hydrogens (tertiary/aromatic N) is 4. The second-order valence-corrected chi connectivity index (χ2v) is 6.36. The Bertz CT molecular complexity index is 875. The van der Waals surface area contributed by atoms with Crippen molar-refractivity contribution in [2.75, 3.05) is 6.54 Å². The maximum Gasteiger partial charge on any atom is 0.291 e. The van der Waals surface area contributed by atoms with Gasteiger partial charge in [-0.2, -0.15) is 0 Å². The van der Waals surface area contributed by atoms with Crippen LogP contribution in [0.3, 0.4) is 0 Å². The van der Waals surface area contributed by atoms with E-state index >= 15 is 0 Å². The van der Waals surface area contributed by atoms with Crippen LogP contribution in [0.4, 0.5) is 0 Å². The van der Waals surface area contributed by atoms with E-state index in [2.05, 4.69) is 33.4 Å². The molecule has 0 unspecified atom stereocenters. The fourth-order valence-electron chi connectivity index (χ4n) is 3.07. The Morgan fingerprint density at radius 1 is 1.48 bits per heavy atom. The lowest BCUT2D eigenvalue weighted by Gasteiger charge is -2.25. The maximum absolute atomic E-state index is 13.1. The van der Waals surface area contributed by atoms with Crippen LogP contribution in [0.25, 0.3) is 0 Å². The van der Waals surface area contributed by atoms with Gasteiger partial charge in [0, 0.05) is 19.2 Å². The molecule has 0 saturated heterocycles. The summed E-state index contributed by atoms with van der Waals surface area (Å²) in [6.45, 7) is 8.80. The highest BCUT2D eigenvalue weighted by Gasteiger charge is 2.29. The molecule has 0 spiro atoms. The summed E-state index contributed by atoms with van der Waals surface area (Å²) < 4.78 is 5.92. The zero-order valence-electron chi connectivity index (χ0n) is 15.9. The highest BCUT2D eigenvalue weighted by Crippen LogP contribution is 2.21. The third kappa shape index (κ3) is 4.07. The predicted molar refractivity (Wildman–Crippen MR) is 104 cm³/mol. The van der Waals surface area contributed by atoms with E-state index < -0.39 is 0 Å². The number of carbonyl (C=O) groups excluding carboxylic acids is 1. The Hall–Kier alpha value is -2.96. The van der Waals surface area contributed by atoms with Crippen molar-refractivity contribution in [1.29, 1.82) is 0 Å². The van der Waals surface area contributed by atoms with E-state index in [1.54, 1.807) is 29.6 Å². The molecule has 3 rings (SSSR count). The van der Waals surface area contributed by atoms with E-state index in [9.17, 15) is 4.79 Å². The van der Waals surface area contributed by atoms with Crippen molar-refractivity contribution in [3.63, 3.8) is 0 Å². The fourth-order valence-corrected chi connectivity index (χ4v) is 3.07. The SMILES string of the molecule is C=C/C=C\N=C(CCC)c1nc(CC)c(C(=O)N2CCc3nc[nH]c3C2)o1. The molecule has 0 fully saturated rings. The summed E-state index contributed by atoms with van der Waals surface area (Å²) in [7, 11) is 0. The second-order valence-electron chi connectivity index (χ2n) is 6.36. The lowest BCUT2D eigenvalue weighted by molar-refractivity contribution is 0.0697. The summed E-state index contributed by atoms with van der Waals surface area (Å²) in [4.78, 5) is 31.2.